The number of aromatic nitrogens is 2. The van der Waals surface area contributed by atoms with Crippen LogP contribution in [-0.4, -0.2) is 21.5 Å². The normalized spacial score (nSPS) is 11.2. The SMILES string of the molecule is O=C(CC(=O)c1ncccn1)c1ccc(C(F)(F)F)cc1. The van der Waals surface area contributed by atoms with Crippen molar-refractivity contribution < 1.29 is 22.8 Å². The first-order valence-electron chi connectivity index (χ1n) is 5.88. The molecule has 4 nitrogen and oxygen atoms in total. The molecule has 0 radical (unpaired) electrons. The zero-order valence-electron chi connectivity index (χ0n) is 10.6. The van der Waals surface area contributed by atoms with E-state index in [2.05, 4.69) is 9.97 Å². The summed E-state index contributed by atoms with van der Waals surface area (Å²) in [4.78, 5) is 31.0. The van der Waals surface area contributed by atoms with Gasteiger partial charge in [-0.2, -0.15) is 13.2 Å². The average molecular weight is 294 g/mol. The molecule has 21 heavy (non-hydrogen) atoms. The first-order chi connectivity index (χ1) is 9.88. The van der Waals surface area contributed by atoms with E-state index in [1.54, 1.807) is 0 Å². The maximum absolute atomic E-state index is 12.4. The highest BCUT2D eigenvalue weighted by Gasteiger charge is 2.30. The summed E-state index contributed by atoms with van der Waals surface area (Å²) in [6.07, 6.45) is -2.23. The number of Topliss-reactive ketones (excluding diaryl/α,β-unsaturated/α-hetero) is 2. The van der Waals surface area contributed by atoms with Crippen molar-refractivity contribution in [3.8, 4) is 0 Å². The summed E-state index contributed by atoms with van der Waals surface area (Å²) in [6.45, 7) is 0. The summed E-state index contributed by atoms with van der Waals surface area (Å²) in [5, 5.41) is 0. The van der Waals surface area contributed by atoms with Crippen molar-refractivity contribution in [3.63, 3.8) is 0 Å². The van der Waals surface area contributed by atoms with E-state index in [4.69, 9.17) is 0 Å². The first kappa shape index (κ1) is 14.8. The van der Waals surface area contributed by atoms with Gasteiger partial charge in [0.15, 0.2) is 11.6 Å². The molecule has 2 aromatic rings. The molecule has 0 bridgehead atoms. The van der Waals surface area contributed by atoms with Gasteiger partial charge in [-0.1, -0.05) is 12.1 Å². The number of benzene rings is 1. The summed E-state index contributed by atoms with van der Waals surface area (Å²) < 4.78 is 37.2. The van der Waals surface area contributed by atoms with Crippen LogP contribution in [0.15, 0.2) is 42.7 Å². The Hall–Kier alpha value is -2.57. The molecule has 1 heterocycles. The number of nitrogens with zero attached hydrogens (tertiary/aromatic N) is 2. The van der Waals surface area contributed by atoms with Gasteiger partial charge in [0.2, 0.25) is 5.78 Å². The minimum atomic E-state index is -4.46. The Labute approximate surface area is 117 Å². The number of halogens is 3. The highest BCUT2D eigenvalue weighted by molar-refractivity contribution is 6.12. The van der Waals surface area contributed by atoms with Crippen molar-refractivity contribution in [2.24, 2.45) is 0 Å². The fourth-order valence-corrected chi connectivity index (χ4v) is 1.62. The highest BCUT2D eigenvalue weighted by Crippen LogP contribution is 2.29. The summed E-state index contributed by atoms with van der Waals surface area (Å²) >= 11 is 0. The van der Waals surface area contributed by atoms with Crippen LogP contribution in [0.5, 0.6) is 0 Å². The molecule has 0 saturated heterocycles. The van der Waals surface area contributed by atoms with E-state index in [1.165, 1.54) is 18.5 Å². The number of hydrogen-bond acceptors (Lipinski definition) is 4. The van der Waals surface area contributed by atoms with Crippen molar-refractivity contribution in [2.75, 3.05) is 0 Å². The fraction of sp³-hybridized carbons (Fsp3) is 0.143. The van der Waals surface area contributed by atoms with Crippen molar-refractivity contribution in [1.29, 1.82) is 0 Å². The number of alkyl halides is 3. The van der Waals surface area contributed by atoms with Gasteiger partial charge in [0.25, 0.3) is 0 Å². The summed E-state index contributed by atoms with van der Waals surface area (Å²) in [6, 6.07) is 5.22. The van der Waals surface area contributed by atoms with Gasteiger partial charge in [0.05, 0.1) is 12.0 Å². The van der Waals surface area contributed by atoms with Gasteiger partial charge in [-0.05, 0) is 18.2 Å². The van der Waals surface area contributed by atoms with Crippen LogP contribution in [0.3, 0.4) is 0 Å². The number of rotatable bonds is 4. The first-order valence-corrected chi connectivity index (χ1v) is 5.88. The predicted molar refractivity (Wildman–Crippen MR) is 66.8 cm³/mol. The Kier molecular flexibility index (Phi) is 4.11. The lowest BCUT2D eigenvalue weighted by Crippen LogP contribution is -2.12. The second kappa shape index (κ2) is 5.82. The van der Waals surface area contributed by atoms with E-state index in [9.17, 15) is 22.8 Å². The largest absolute Gasteiger partial charge is 0.416 e. The predicted octanol–water partition coefficient (Wildman–Crippen LogP) is 2.95. The van der Waals surface area contributed by atoms with Crippen LogP contribution in [0.2, 0.25) is 0 Å². The average Bonchev–Trinajstić information content (AvgIpc) is 2.47. The van der Waals surface area contributed by atoms with Gasteiger partial charge >= 0.3 is 6.18 Å². The van der Waals surface area contributed by atoms with Crippen molar-refractivity contribution in [2.45, 2.75) is 12.6 Å². The van der Waals surface area contributed by atoms with E-state index < -0.39 is 29.7 Å². The summed E-state index contributed by atoms with van der Waals surface area (Å²) in [5.74, 6) is -1.26. The molecule has 0 atom stereocenters. The number of carbonyl (C=O) groups is 2. The zero-order chi connectivity index (χ0) is 15.5. The Morgan fingerprint density at radius 1 is 0.952 bits per heavy atom. The fourth-order valence-electron chi connectivity index (χ4n) is 1.62. The quantitative estimate of drug-likeness (QED) is 0.642. The van der Waals surface area contributed by atoms with Crippen molar-refractivity contribution >= 4 is 11.6 Å². The lowest BCUT2D eigenvalue weighted by molar-refractivity contribution is -0.137. The number of hydrogen-bond donors (Lipinski definition) is 0. The van der Waals surface area contributed by atoms with Crippen LogP contribution in [-0.2, 0) is 6.18 Å². The minimum absolute atomic E-state index is 0.0345. The molecule has 0 N–H and O–H groups in total. The number of carbonyl (C=O) groups excluding carboxylic acids is 2. The monoisotopic (exact) mass is 294 g/mol. The summed E-state index contributed by atoms with van der Waals surface area (Å²) in [5.41, 5.74) is -0.816. The third-order valence-corrected chi connectivity index (χ3v) is 2.67. The van der Waals surface area contributed by atoms with Crippen molar-refractivity contribution in [3.05, 3.63) is 59.7 Å². The van der Waals surface area contributed by atoms with E-state index in [0.717, 1.165) is 24.3 Å². The van der Waals surface area contributed by atoms with Gasteiger partial charge in [-0.3, -0.25) is 9.59 Å². The van der Waals surface area contributed by atoms with Gasteiger partial charge in [-0.15, -0.1) is 0 Å². The molecule has 7 heteroatoms. The Morgan fingerprint density at radius 2 is 1.52 bits per heavy atom. The summed E-state index contributed by atoms with van der Waals surface area (Å²) in [7, 11) is 0. The Balaban J connectivity index is 2.09. The van der Waals surface area contributed by atoms with Gasteiger partial charge in [-0.25, -0.2) is 9.97 Å². The van der Waals surface area contributed by atoms with Crippen LogP contribution in [0, 0.1) is 0 Å². The zero-order valence-corrected chi connectivity index (χ0v) is 10.6. The second-order valence-corrected chi connectivity index (χ2v) is 4.17. The molecule has 0 aliphatic heterocycles. The molecule has 108 valence electrons. The molecular formula is C14H9F3N2O2. The molecule has 1 aromatic heterocycles. The lowest BCUT2D eigenvalue weighted by atomic mass is 10.0. The van der Waals surface area contributed by atoms with E-state index in [-0.39, 0.29) is 11.4 Å². The second-order valence-electron chi connectivity index (χ2n) is 4.17. The lowest BCUT2D eigenvalue weighted by Gasteiger charge is -2.06. The van der Waals surface area contributed by atoms with E-state index >= 15 is 0 Å². The van der Waals surface area contributed by atoms with Gasteiger partial charge < -0.3 is 0 Å². The van der Waals surface area contributed by atoms with Crippen molar-refractivity contribution in [1.82, 2.24) is 9.97 Å². The van der Waals surface area contributed by atoms with Gasteiger partial charge in [0.1, 0.15) is 0 Å². The molecule has 0 spiro atoms. The third kappa shape index (κ3) is 3.71. The minimum Gasteiger partial charge on any atom is -0.294 e. The van der Waals surface area contributed by atoms with E-state index in [1.807, 2.05) is 0 Å². The molecule has 0 aliphatic rings. The number of ketones is 2. The molecule has 0 aliphatic carbocycles. The van der Waals surface area contributed by atoms with Crippen LogP contribution in [0.4, 0.5) is 13.2 Å². The smallest absolute Gasteiger partial charge is 0.294 e. The molecule has 2 rings (SSSR count). The molecule has 0 amide bonds. The maximum Gasteiger partial charge on any atom is 0.416 e. The van der Waals surface area contributed by atoms with E-state index in [0.29, 0.717) is 0 Å². The standard InChI is InChI=1S/C14H9F3N2O2/c15-14(16,17)10-4-2-9(3-5-10)11(20)8-12(21)13-18-6-1-7-19-13/h1-7H,8H2. The Morgan fingerprint density at radius 3 is 2.05 bits per heavy atom. The molecule has 0 unspecified atom stereocenters. The van der Waals surface area contributed by atoms with Crippen LogP contribution < -0.4 is 0 Å². The topological polar surface area (TPSA) is 59.9 Å². The van der Waals surface area contributed by atoms with Crippen LogP contribution in [0.1, 0.15) is 33.0 Å². The highest BCUT2D eigenvalue weighted by atomic mass is 19.4. The molecule has 0 fully saturated rings. The third-order valence-electron chi connectivity index (χ3n) is 2.67. The van der Waals surface area contributed by atoms with Gasteiger partial charge in [0, 0.05) is 18.0 Å². The molecule has 1 aromatic carbocycles. The Bertz CT molecular complexity index is 652. The van der Waals surface area contributed by atoms with Crippen LogP contribution >= 0.6 is 0 Å². The van der Waals surface area contributed by atoms with Crippen LogP contribution in [0.25, 0.3) is 0 Å². The molecular weight excluding hydrogens is 285 g/mol. The maximum atomic E-state index is 12.4. The molecule has 0 saturated carbocycles.